The van der Waals surface area contributed by atoms with Crippen LogP contribution in [0.25, 0.3) is 0 Å². The quantitative estimate of drug-likeness (QED) is 0.928. The third-order valence-electron chi connectivity index (χ3n) is 5.09. The van der Waals surface area contributed by atoms with Crippen LogP contribution in [-0.2, 0) is 0 Å². The van der Waals surface area contributed by atoms with Gasteiger partial charge in [0.15, 0.2) is 0 Å². The predicted octanol–water partition coefficient (Wildman–Crippen LogP) is 2.38. The van der Waals surface area contributed by atoms with Gasteiger partial charge in [-0.2, -0.15) is 0 Å². The summed E-state index contributed by atoms with van der Waals surface area (Å²) >= 11 is 0. The second kappa shape index (κ2) is 6.42. The van der Waals surface area contributed by atoms with E-state index in [9.17, 15) is 4.39 Å². The number of benzene rings is 1. The molecule has 3 rings (SSSR count). The first kappa shape index (κ1) is 14.9. The Morgan fingerprint density at radius 1 is 1.33 bits per heavy atom. The van der Waals surface area contributed by atoms with E-state index in [1.807, 2.05) is 6.07 Å². The molecule has 2 aliphatic rings. The van der Waals surface area contributed by atoms with Crippen LogP contribution in [0.4, 0.5) is 4.39 Å². The lowest BCUT2D eigenvalue weighted by Crippen LogP contribution is -2.60. The van der Waals surface area contributed by atoms with Crippen molar-refractivity contribution in [1.29, 1.82) is 0 Å². The molecule has 2 saturated heterocycles. The van der Waals surface area contributed by atoms with Crippen molar-refractivity contribution in [3.05, 3.63) is 35.6 Å². The monoisotopic (exact) mass is 291 g/mol. The van der Waals surface area contributed by atoms with Crippen molar-refractivity contribution in [3.63, 3.8) is 0 Å². The molecule has 2 heterocycles. The fraction of sp³-hybridized carbons (Fsp3) is 0.647. The fourth-order valence-electron chi connectivity index (χ4n) is 3.99. The minimum Gasteiger partial charge on any atom is -0.329 e. The number of fused-ring (bicyclic) bond motifs is 1. The van der Waals surface area contributed by atoms with E-state index in [1.165, 1.54) is 31.9 Å². The number of hydrogen-bond acceptors (Lipinski definition) is 3. The summed E-state index contributed by atoms with van der Waals surface area (Å²) in [6, 6.07) is 8.17. The standard InChI is InChI=1S/C17H26FN3/c1-13-11-20-8-3-2-7-16(20)12-21(13)17(10-19)14-5-4-6-15(18)9-14/h4-6,9,13,16-17H,2-3,7-8,10-12,19H2,1H3. The molecule has 0 saturated carbocycles. The molecule has 0 aliphatic carbocycles. The minimum atomic E-state index is -0.171. The molecule has 0 radical (unpaired) electrons. The smallest absolute Gasteiger partial charge is 0.123 e. The first-order valence-corrected chi connectivity index (χ1v) is 8.14. The summed E-state index contributed by atoms with van der Waals surface area (Å²) < 4.78 is 13.5. The molecular formula is C17H26FN3. The van der Waals surface area contributed by atoms with Gasteiger partial charge in [-0.05, 0) is 44.0 Å². The van der Waals surface area contributed by atoms with E-state index in [1.54, 1.807) is 12.1 Å². The maximum atomic E-state index is 13.5. The number of rotatable bonds is 3. The molecule has 3 atom stereocenters. The van der Waals surface area contributed by atoms with E-state index in [0.29, 0.717) is 18.6 Å². The second-order valence-corrected chi connectivity index (χ2v) is 6.50. The Hall–Kier alpha value is -0.970. The van der Waals surface area contributed by atoms with Crippen molar-refractivity contribution in [1.82, 2.24) is 9.80 Å². The van der Waals surface area contributed by atoms with Gasteiger partial charge in [-0.3, -0.25) is 9.80 Å². The molecule has 2 N–H and O–H groups in total. The average molecular weight is 291 g/mol. The van der Waals surface area contributed by atoms with Crippen molar-refractivity contribution in [2.75, 3.05) is 26.2 Å². The van der Waals surface area contributed by atoms with Crippen LogP contribution in [0.5, 0.6) is 0 Å². The minimum absolute atomic E-state index is 0.125. The van der Waals surface area contributed by atoms with Gasteiger partial charge < -0.3 is 5.73 Å². The van der Waals surface area contributed by atoms with Crippen LogP contribution in [0.1, 0.15) is 37.8 Å². The summed E-state index contributed by atoms with van der Waals surface area (Å²) in [5.41, 5.74) is 7.05. The Kier molecular flexibility index (Phi) is 4.57. The summed E-state index contributed by atoms with van der Waals surface area (Å²) in [6.45, 7) is 6.21. The Labute approximate surface area is 126 Å². The molecule has 3 nitrogen and oxygen atoms in total. The van der Waals surface area contributed by atoms with Crippen molar-refractivity contribution in [3.8, 4) is 0 Å². The molecule has 0 spiro atoms. The molecule has 4 heteroatoms. The highest BCUT2D eigenvalue weighted by molar-refractivity contribution is 5.21. The lowest BCUT2D eigenvalue weighted by molar-refractivity contribution is -0.00671. The Balaban J connectivity index is 1.79. The van der Waals surface area contributed by atoms with Gasteiger partial charge in [0.25, 0.3) is 0 Å². The summed E-state index contributed by atoms with van der Waals surface area (Å²) in [5, 5.41) is 0. The van der Waals surface area contributed by atoms with Crippen LogP contribution in [0.15, 0.2) is 24.3 Å². The zero-order chi connectivity index (χ0) is 14.8. The highest BCUT2D eigenvalue weighted by atomic mass is 19.1. The number of nitrogens with zero attached hydrogens (tertiary/aromatic N) is 2. The van der Waals surface area contributed by atoms with E-state index >= 15 is 0 Å². The third kappa shape index (κ3) is 3.12. The van der Waals surface area contributed by atoms with Crippen LogP contribution < -0.4 is 5.73 Å². The molecule has 116 valence electrons. The molecule has 3 unspecified atom stereocenters. The Morgan fingerprint density at radius 2 is 2.19 bits per heavy atom. The van der Waals surface area contributed by atoms with Gasteiger partial charge in [0.2, 0.25) is 0 Å². The van der Waals surface area contributed by atoms with Crippen LogP contribution in [0.3, 0.4) is 0 Å². The summed E-state index contributed by atoms with van der Waals surface area (Å²) in [6.07, 6.45) is 3.94. The SMILES string of the molecule is CC1CN2CCCCC2CN1C(CN)c1cccc(F)c1. The molecule has 21 heavy (non-hydrogen) atoms. The van der Waals surface area contributed by atoms with Gasteiger partial charge in [-0.15, -0.1) is 0 Å². The average Bonchev–Trinajstić information content (AvgIpc) is 2.48. The molecule has 0 bridgehead atoms. The van der Waals surface area contributed by atoms with Gasteiger partial charge in [-0.25, -0.2) is 4.39 Å². The lowest BCUT2D eigenvalue weighted by atomic mass is 9.94. The normalized spacial score (nSPS) is 29.1. The van der Waals surface area contributed by atoms with Crippen LogP contribution in [0, 0.1) is 5.82 Å². The summed E-state index contributed by atoms with van der Waals surface area (Å²) in [7, 11) is 0. The second-order valence-electron chi connectivity index (χ2n) is 6.50. The number of nitrogens with two attached hydrogens (primary N) is 1. The molecule has 1 aromatic carbocycles. The van der Waals surface area contributed by atoms with Gasteiger partial charge in [0.1, 0.15) is 5.82 Å². The lowest BCUT2D eigenvalue weighted by Gasteiger charge is -2.50. The van der Waals surface area contributed by atoms with Gasteiger partial charge in [0.05, 0.1) is 0 Å². The van der Waals surface area contributed by atoms with Crippen molar-refractivity contribution in [2.45, 2.75) is 44.3 Å². The van der Waals surface area contributed by atoms with Crippen molar-refractivity contribution < 1.29 is 4.39 Å². The summed E-state index contributed by atoms with van der Waals surface area (Å²) in [5.74, 6) is -0.171. The molecule has 2 fully saturated rings. The maximum Gasteiger partial charge on any atom is 0.123 e. The topological polar surface area (TPSA) is 32.5 Å². The Bertz CT molecular complexity index is 479. The maximum absolute atomic E-state index is 13.5. The predicted molar refractivity (Wildman–Crippen MR) is 83.6 cm³/mol. The molecule has 1 aromatic rings. The van der Waals surface area contributed by atoms with Gasteiger partial charge in [0, 0.05) is 37.8 Å². The summed E-state index contributed by atoms with van der Waals surface area (Å²) in [4.78, 5) is 5.12. The van der Waals surface area contributed by atoms with Gasteiger partial charge in [-0.1, -0.05) is 18.6 Å². The number of piperazine rings is 1. The molecular weight excluding hydrogens is 265 g/mol. The number of hydrogen-bond donors (Lipinski definition) is 1. The van der Waals surface area contributed by atoms with E-state index in [-0.39, 0.29) is 11.9 Å². The highest BCUT2D eigenvalue weighted by Gasteiger charge is 2.36. The van der Waals surface area contributed by atoms with Crippen LogP contribution in [-0.4, -0.2) is 48.1 Å². The van der Waals surface area contributed by atoms with Crippen LogP contribution >= 0.6 is 0 Å². The van der Waals surface area contributed by atoms with E-state index < -0.39 is 0 Å². The number of halogens is 1. The molecule has 0 aromatic heterocycles. The van der Waals surface area contributed by atoms with Crippen LogP contribution in [0.2, 0.25) is 0 Å². The molecule has 2 aliphatic heterocycles. The largest absolute Gasteiger partial charge is 0.329 e. The van der Waals surface area contributed by atoms with E-state index in [2.05, 4.69) is 16.7 Å². The fourth-order valence-corrected chi connectivity index (χ4v) is 3.99. The Morgan fingerprint density at radius 3 is 2.95 bits per heavy atom. The zero-order valence-electron chi connectivity index (χ0n) is 12.8. The highest BCUT2D eigenvalue weighted by Crippen LogP contribution is 2.30. The zero-order valence-corrected chi connectivity index (χ0v) is 12.8. The third-order valence-corrected chi connectivity index (χ3v) is 5.09. The first-order chi connectivity index (χ1) is 10.2. The van der Waals surface area contributed by atoms with Crippen molar-refractivity contribution >= 4 is 0 Å². The number of piperidine rings is 1. The molecule has 0 amide bonds. The van der Waals surface area contributed by atoms with Gasteiger partial charge >= 0.3 is 0 Å². The van der Waals surface area contributed by atoms with E-state index in [4.69, 9.17) is 5.73 Å². The first-order valence-electron chi connectivity index (χ1n) is 8.14. The van der Waals surface area contributed by atoms with E-state index in [0.717, 1.165) is 18.7 Å². The van der Waals surface area contributed by atoms with Crippen molar-refractivity contribution in [2.24, 2.45) is 5.73 Å².